The highest BCUT2D eigenvalue weighted by Crippen LogP contribution is 2.34. The summed E-state index contributed by atoms with van der Waals surface area (Å²) in [4.78, 5) is 39.1. The number of fused-ring (bicyclic) bond motifs is 1. The molecule has 2 aromatic rings. The SMILES string of the molecule is CCCOc1ccc(N2C(=O)NC(=O)/C(=C/c3ccc4c(c3)C[C@H](C)O4)C2=O)cc1OC. The second-order valence-electron chi connectivity index (χ2n) is 7.64. The van der Waals surface area contributed by atoms with Gasteiger partial charge in [0.05, 0.1) is 19.4 Å². The lowest BCUT2D eigenvalue weighted by Crippen LogP contribution is -2.54. The number of hydrogen-bond acceptors (Lipinski definition) is 6. The number of amides is 4. The van der Waals surface area contributed by atoms with Gasteiger partial charge in [0.15, 0.2) is 11.5 Å². The zero-order valence-corrected chi connectivity index (χ0v) is 18.1. The molecule has 1 fully saturated rings. The third kappa shape index (κ3) is 4.03. The van der Waals surface area contributed by atoms with Crippen LogP contribution in [0.4, 0.5) is 10.5 Å². The molecule has 2 aliphatic heterocycles. The van der Waals surface area contributed by atoms with Crippen LogP contribution in [0.2, 0.25) is 0 Å². The van der Waals surface area contributed by atoms with Gasteiger partial charge < -0.3 is 14.2 Å². The largest absolute Gasteiger partial charge is 0.493 e. The molecule has 2 aliphatic rings. The topological polar surface area (TPSA) is 94.2 Å². The van der Waals surface area contributed by atoms with Gasteiger partial charge in [-0.15, -0.1) is 0 Å². The van der Waals surface area contributed by atoms with Crippen LogP contribution in [0, 0.1) is 0 Å². The quantitative estimate of drug-likeness (QED) is 0.551. The molecule has 8 nitrogen and oxygen atoms in total. The first-order valence-electron chi connectivity index (χ1n) is 10.4. The first kappa shape index (κ1) is 21.4. The molecule has 8 heteroatoms. The van der Waals surface area contributed by atoms with Gasteiger partial charge in [0.1, 0.15) is 17.4 Å². The van der Waals surface area contributed by atoms with Gasteiger partial charge in [-0.25, -0.2) is 9.69 Å². The van der Waals surface area contributed by atoms with Crippen LogP contribution in [0.5, 0.6) is 17.2 Å². The van der Waals surface area contributed by atoms with Gasteiger partial charge in [-0.1, -0.05) is 13.0 Å². The monoisotopic (exact) mass is 436 g/mol. The summed E-state index contributed by atoms with van der Waals surface area (Å²) in [6, 6.07) is 9.39. The number of carbonyl (C=O) groups excluding carboxylic acids is 3. The van der Waals surface area contributed by atoms with Gasteiger partial charge in [0, 0.05) is 12.5 Å². The van der Waals surface area contributed by atoms with Crippen LogP contribution in [0.3, 0.4) is 0 Å². The number of barbiturate groups is 1. The maximum absolute atomic E-state index is 13.2. The summed E-state index contributed by atoms with van der Waals surface area (Å²) in [5.41, 5.74) is 1.82. The first-order valence-corrected chi connectivity index (χ1v) is 10.4. The Morgan fingerprint density at radius 1 is 1.16 bits per heavy atom. The Balaban J connectivity index is 1.66. The number of benzene rings is 2. The predicted molar refractivity (Wildman–Crippen MR) is 118 cm³/mol. The fourth-order valence-electron chi connectivity index (χ4n) is 3.72. The number of nitrogens with zero attached hydrogens (tertiary/aromatic N) is 1. The summed E-state index contributed by atoms with van der Waals surface area (Å²) >= 11 is 0. The van der Waals surface area contributed by atoms with E-state index in [0.29, 0.717) is 23.7 Å². The molecule has 4 rings (SSSR count). The van der Waals surface area contributed by atoms with Crippen molar-refractivity contribution in [3.05, 3.63) is 53.1 Å². The molecular formula is C24H24N2O6. The smallest absolute Gasteiger partial charge is 0.335 e. The third-order valence-electron chi connectivity index (χ3n) is 5.20. The molecule has 32 heavy (non-hydrogen) atoms. The van der Waals surface area contributed by atoms with Crippen molar-refractivity contribution in [2.45, 2.75) is 32.8 Å². The van der Waals surface area contributed by atoms with Crippen molar-refractivity contribution in [1.82, 2.24) is 5.32 Å². The van der Waals surface area contributed by atoms with Crippen molar-refractivity contribution in [2.24, 2.45) is 0 Å². The van der Waals surface area contributed by atoms with Gasteiger partial charge in [0.25, 0.3) is 11.8 Å². The maximum Gasteiger partial charge on any atom is 0.335 e. The summed E-state index contributed by atoms with van der Waals surface area (Å²) in [5.74, 6) is 0.230. The highest BCUT2D eigenvalue weighted by Gasteiger charge is 2.37. The first-order chi connectivity index (χ1) is 15.4. The minimum Gasteiger partial charge on any atom is -0.493 e. The number of carbonyl (C=O) groups is 3. The molecule has 2 aromatic carbocycles. The average Bonchev–Trinajstić information content (AvgIpc) is 3.14. The maximum atomic E-state index is 13.2. The van der Waals surface area contributed by atoms with Crippen molar-refractivity contribution in [1.29, 1.82) is 0 Å². The van der Waals surface area contributed by atoms with Gasteiger partial charge in [0.2, 0.25) is 0 Å². The van der Waals surface area contributed by atoms with Crippen LogP contribution < -0.4 is 24.4 Å². The molecule has 1 atom stereocenters. The Hall–Kier alpha value is -3.81. The molecule has 166 valence electrons. The zero-order chi connectivity index (χ0) is 22.8. The van der Waals surface area contributed by atoms with E-state index in [4.69, 9.17) is 14.2 Å². The second-order valence-corrected chi connectivity index (χ2v) is 7.64. The van der Waals surface area contributed by atoms with E-state index in [-0.39, 0.29) is 17.4 Å². The lowest BCUT2D eigenvalue weighted by molar-refractivity contribution is -0.122. The Labute approximate surface area is 185 Å². The number of methoxy groups -OCH3 is 1. The van der Waals surface area contributed by atoms with Crippen LogP contribution in [0.15, 0.2) is 42.0 Å². The van der Waals surface area contributed by atoms with Gasteiger partial charge >= 0.3 is 6.03 Å². The number of hydrogen-bond donors (Lipinski definition) is 1. The summed E-state index contributed by atoms with van der Waals surface area (Å²) in [5, 5.41) is 2.24. The molecule has 0 bridgehead atoms. The van der Waals surface area contributed by atoms with Crippen molar-refractivity contribution in [3.63, 3.8) is 0 Å². The zero-order valence-electron chi connectivity index (χ0n) is 18.1. The molecular weight excluding hydrogens is 412 g/mol. The normalized spacial score (nSPS) is 19.0. The number of nitrogens with one attached hydrogen (secondary N) is 1. The van der Waals surface area contributed by atoms with Crippen LogP contribution in [0.25, 0.3) is 6.08 Å². The lowest BCUT2D eigenvalue weighted by Gasteiger charge is -2.27. The van der Waals surface area contributed by atoms with E-state index in [9.17, 15) is 14.4 Å². The van der Waals surface area contributed by atoms with E-state index in [1.807, 2.05) is 26.0 Å². The number of ether oxygens (including phenoxy) is 3. The molecule has 0 aliphatic carbocycles. The number of anilines is 1. The third-order valence-corrected chi connectivity index (χ3v) is 5.20. The van der Waals surface area contributed by atoms with E-state index in [2.05, 4.69) is 5.32 Å². The van der Waals surface area contributed by atoms with Crippen LogP contribution in [-0.4, -0.2) is 37.7 Å². The van der Waals surface area contributed by atoms with Gasteiger partial charge in [-0.05, 0) is 54.8 Å². The lowest BCUT2D eigenvalue weighted by atomic mass is 10.0. The summed E-state index contributed by atoms with van der Waals surface area (Å²) in [6.07, 6.45) is 3.14. The highest BCUT2D eigenvalue weighted by molar-refractivity contribution is 6.39. The Kier molecular flexibility index (Phi) is 5.85. The molecule has 1 saturated heterocycles. The highest BCUT2D eigenvalue weighted by atomic mass is 16.5. The van der Waals surface area contributed by atoms with Crippen molar-refractivity contribution in [2.75, 3.05) is 18.6 Å². The molecule has 0 aromatic heterocycles. The summed E-state index contributed by atoms with van der Waals surface area (Å²) < 4.78 is 16.7. The van der Waals surface area contributed by atoms with Crippen LogP contribution in [-0.2, 0) is 16.0 Å². The fourth-order valence-corrected chi connectivity index (χ4v) is 3.72. The number of imide groups is 2. The summed E-state index contributed by atoms with van der Waals surface area (Å²) in [7, 11) is 1.48. The van der Waals surface area contributed by atoms with E-state index < -0.39 is 17.8 Å². The number of rotatable bonds is 6. The Bertz CT molecular complexity index is 1120. The van der Waals surface area contributed by atoms with Crippen LogP contribution in [0.1, 0.15) is 31.4 Å². The van der Waals surface area contributed by atoms with E-state index in [0.717, 1.165) is 29.1 Å². The summed E-state index contributed by atoms with van der Waals surface area (Å²) in [6.45, 7) is 4.47. The molecule has 0 unspecified atom stereocenters. The minimum absolute atomic E-state index is 0.0832. The van der Waals surface area contributed by atoms with Crippen molar-refractivity contribution in [3.8, 4) is 17.2 Å². The standard InChI is InChI=1S/C24H24N2O6/c1-4-9-31-20-8-6-17(13-21(20)30-3)26-23(28)18(22(27)25-24(26)29)12-15-5-7-19-16(11-15)10-14(2)32-19/h5-8,11-14H,4,9-10H2,1-3H3,(H,25,27,29)/b18-12-/t14-/m0/s1. The van der Waals surface area contributed by atoms with E-state index >= 15 is 0 Å². The molecule has 4 amide bonds. The molecule has 0 spiro atoms. The van der Waals surface area contributed by atoms with Crippen LogP contribution >= 0.6 is 0 Å². The molecule has 2 heterocycles. The fraction of sp³-hybridized carbons (Fsp3) is 0.292. The molecule has 0 radical (unpaired) electrons. The van der Waals surface area contributed by atoms with E-state index in [1.54, 1.807) is 18.2 Å². The van der Waals surface area contributed by atoms with E-state index in [1.165, 1.54) is 19.3 Å². The van der Waals surface area contributed by atoms with Gasteiger partial charge in [-0.2, -0.15) is 0 Å². The average molecular weight is 436 g/mol. The van der Waals surface area contributed by atoms with Crippen molar-refractivity contribution < 1.29 is 28.6 Å². The molecule has 1 N–H and O–H groups in total. The minimum atomic E-state index is -0.822. The predicted octanol–water partition coefficient (Wildman–Crippen LogP) is 3.47. The van der Waals surface area contributed by atoms with Crippen molar-refractivity contribution >= 4 is 29.6 Å². The van der Waals surface area contributed by atoms with Gasteiger partial charge in [-0.3, -0.25) is 14.9 Å². The number of urea groups is 1. The second kappa shape index (κ2) is 8.74. The Morgan fingerprint density at radius 2 is 1.97 bits per heavy atom. The Morgan fingerprint density at radius 3 is 2.72 bits per heavy atom. The molecule has 0 saturated carbocycles.